The highest BCUT2D eigenvalue weighted by atomic mass is 32.2. The van der Waals surface area contributed by atoms with Crippen LogP contribution in [0.25, 0.3) is 10.9 Å². The van der Waals surface area contributed by atoms with Crippen molar-refractivity contribution in [3.63, 3.8) is 0 Å². The Bertz CT molecular complexity index is 1310. The van der Waals surface area contributed by atoms with E-state index in [1.807, 2.05) is 49.4 Å². The molecule has 2 N–H and O–H groups in total. The summed E-state index contributed by atoms with van der Waals surface area (Å²) < 4.78 is 38.0. The number of nitrogens with one attached hydrogen (secondary N) is 1. The molecule has 4 rings (SSSR count). The number of pyridine rings is 1. The van der Waals surface area contributed by atoms with Gasteiger partial charge >= 0.3 is 0 Å². The SMILES string of the molecule is CCC(NC(=O)c1ccc(F)cc1N(c1cccc2cccnc12)S(=O)O)c1ccccc1. The zero-order chi connectivity index (χ0) is 23.4. The molecule has 0 saturated heterocycles. The Kier molecular flexibility index (Phi) is 6.76. The van der Waals surface area contributed by atoms with Gasteiger partial charge in [0, 0.05) is 11.6 Å². The Morgan fingerprint density at radius 3 is 2.55 bits per heavy atom. The highest BCUT2D eigenvalue weighted by Gasteiger charge is 2.26. The van der Waals surface area contributed by atoms with Crippen LogP contribution in [-0.4, -0.2) is 19.7 Å². The molecule has 4 aromatic rings. The third-order valence-corrected chi connectivity index (χ3v) is 6.03. The molecule has 33 heavy (non-hydrogen) atoms. The van der Waals surface area contributed by atoms with Gasteiger partial charge in [0.05, 0.1) is 28.5 Å². The number of fused-ring (bicyclic) bond motifs is 1. The Labute approximate surface area is 193 Å². The normalized spacial score (nSPS) is 12.8. The largest absolute Gasteiger partial charge is 0.345 e. The molecule has 1 heterocycles. The molecule has 2 unspecified atom stereocenters. The van der Waals surface area contributed by atoms with E-state index in [9.17, 15) is 17.9 Å². The molecule has 0 aliphatic carbocycles. The predicted molar refractivity (Wildman–Crippen MR) is 128 cm³/mol. The number of aromatic nitrogens is 1. The molecule has 2 atom stereocenters. The molecule has 6 nitrogen and oxygen atoms in total. The number of hydrogen-bond donors (Lipinski definition) is 2. The molecule has 0 aliphatic rings. The lowest BCUT2D eigenvalue weighted by atomic mass is 10.0. The molecule has 8 heteroatoms. The van der Waals surface area contributed by atoms with Gasteiger partial charge in [-0.25, -0.2) is 12.9 Å². The molecule has 3 aromatic carbocycles. The summed E-state index contributed by atoms with van der Waals surface area (Å²) in [5.41, 5.74) is 1.70. The fourth-order valence-electron chi connectivity index (χ4n) is 3.76. The van der Waals surface area contributed by atoms with E-state index in [1.165, 1.54) is 6.07 Å². The first-order valence-electron chi connectivity index (χ1n) is 10.4. The third kappa shape index (κ3) is 4.76. The van der Waals surface area contributed by atoms with E-state index in [0.29, 0.717) is 11.9 Å². The van der Waals surface area contributed by atoms with E-state index in [4.69, 9.17) is 0 Å². The quantitative estimate of drug-likeness (QED) is 0.353. The van der Waals surface area contributed by atoms with Gasteiger partial charge in [0.1, 0.15) is 5.82 Å². The van der Waals surface area contributed by atoms with E-state index in [2.05, 4.69) is 10.3 Å². The summed E-state index contributed by atoms with van der Waals surface area (Å²) in [6.07, 6.45) is 2.20. The van der Waals surface area contributed by atoms with E-state index < -0.39 is 23.0 Å². The number of amides is 1. The van der Waals surface area contributed by atoms with E-state index >= 15 is 0 Å². The molecule has 0 radical (unpaired) electrons. The van der Waals surface area contributed by atoms with Crippen LogP contribution in [0.1, 0.15) is 35.3 Å². The van der Waals surface area contributed by atoms with Crippen LogP contribution in [0.3, 0.4) is 0 Å². The zero-order valence-electron chi connectivity index (χ0n) is 17.8. The van der Waals surface area contributed by atoms with Crippen LogP contribution in [-0.2, 0) is 11.3 Å². The Hall–Kier alpha value is -3.62. The minimum Gasteiger partial charge on any atom is -0.345 e. The van der Waals surface area contributed by atoms with Gasteiger partial charge in [0.15, 0.2) is 0 Å². The number of nitrogens with zero attached hydrogens (tertiary/aromatic N) is 2. The summed E-state index contributed by atoms with van der Waals surface area (Å²) >= 11 is -2.60. The maximum absolute atomic E-state index is 14.3. The lowest BCUT2D eigenvalue weighted by molar-refractivity contribution is 0.0936. The average Bonchev–Trinajstić information content (AvgIpc) is 2.83. The Morgan fingerprint density at radius 1 is 1.06 bits per heavy atom. The second-order valence-electron chi connectivity index (χ2n) is 7.38. The number of rotatable bonds is 7. The Morgan fingerprint density at radius 2 is 1.82 bits per heavy atom. The fraction of sp³-hybridized carbons (Fsp3) is 0.120. The van der Waals surface area contributed by atoms with Crippen LogP contribution in [0.15, 0.2) is 85.1 Å². The number of carbonyl (C=O) groups is 1. The van der Waals surface area contributed by atoms with Crippen LogP contribution in [0.4, 0.5) is 15.8 Å². The van der Waals surface area contributed by atoms with Crippen molar-refractivity contribution in [3.8, 4) is 0 Å². The molecule has 0 aliphatic heterocycles. The van der Waals surface area contributed by atoms with Gasteiger partial charge in [-0.05, 0) is 42.3 Å². The van der Waals surface area contributed by atoms with Gasteiger partial charge in [-0.15, -0.1) is 0 Å². The summed E-state index contributed by atoms with van der Waals surface area (Å²) in [5.74, 6) is -1.12. The summed E-state index contributed by atoms with van der Waals surface area (Å²) in [5, 5.41) is 3.70. The van der Waals surface area contributed by atoms with Crippen molar-refractivity contribution in [2.45, 2.75) is 19.4 Å². The van der Waals surface area contributed by atoms with Crippen LogP contribution >= 0.6 is 0 Å². The van der Waals surface area contributed by atoms with E-state index in [1.54, 1.807) is 24.4 Å². The van der Waals surface area contributed by atoms with Crippen LogP contribution < -0.4 is 9.62 Å². The number of para-hydroxylation sites is 1. The lowest BCUT2D eigenvalue weighted by Crippen LogP contribution is -2.30. The molecule has 0 bridgehead atoms. The first-order chi connectivity index (χ1) is 16.0. The lowest BCUT2D eigenvalue weighted by Gasteiger charge is -2.25. The van der Waals surface area contributed by atoms with Crippen LogP contribution in [0.5, 0.6) is 0 Å². The summed E-state index contributed by atoms with van der Waals surface area (Å²) in [6.45, 7) is 1.94. The second kappa shape index (κ2) is 9.89. The summed E-state index contributed by atoms with van der Waals surface area (Å²) in [6, 6.07) is 21.5. The molecule has 1 aromatic heterocycles. The van der Waals surface area contributed by atoms with Gasteiger partial charge in [-0.1, -0.05) is 55.5 Å². The van der Waals surface area contributed by atoms with Crippen molar-refractivity contribution >= 4 is 39.5 Å². The first-order valence-corrected chi connectivity index (χ1v) is 11.5. The van der Waals surface area contributed by atoms with Gasteiger partial charge in [0.2, 0.25) is 0 Å². The minimum absolute atomic E-state index is 0.0330. The molecule has 168 valence electrons. The van der Waals surface area contributed by atoms with Crippen molar-refractivity contribution in [2.75, 3.05) is 4.31 Å². The van der Waals surface area contributed by atoms with Crippen molar-refractivity contribution in [1.29, 1.82) is 0 Å². The summed E-state index contributed by atoms with van der Waals surface area (Å²) in [7, 11) is 0. The van der Waals surface area contributed by atoms with Crippen molar-refractivity contribution in [2.24, 2.45) is 0 Å². The molecule has 0 saturated carbocycles. The van der Waals surface area contributed by atoms with Crippen LogP contribution in [0.2, 0.25) is 0 Å². The van der Waals surface area contributed by atoms with Crippen LogP contribution in [0, 0.1) is 5.82 Å². The maximum Gasteiger partial charge on any atom is 0.266 e. The number of benzene rings is 3. The minimum atomic E-state index is -2.60. The highest BCUT2D eigenvalue weighted by molar-refractivity contribution is 7.81. The molecule has 1 amide bonds. The monoisotopic (exact) mass is 463 g/mol. The molecule has 0 fully saturated rings. The van der Waals surface area contributed by atoms with E-state index in [0.717, 1.165) is 27.4 Å². The molecular formula is C25H22FN3O3S. The van der Waals surface area contributed by atoms with Gasteiger partial charge in [-0.3, -0.25) is 14.3 Å². The summed E-state index contributed by atoms with van der Waals surface area (Å²) in [4.78, 5) is 17.6. The van der Waals surface area contributed by atoms with Crippen molar-refractivity contribution in [3.05, 3.63) is 102 Å². The zero-order valence-corrected chi connectivity index (χ0v) is 18.6. The predicted octanol–water partition coefficient (Wildman–Crippen LogP) is 5.53. The van der Waals surface area contributed by atoms with E-state index in [-0.39, 0.29) is 23.0 Å². The number of anilines is 2. The number of hydrogen-bond acceptors (Lipinski definition) is 3. The Balaban J connectivity index is 1.79. The van der Waals surface area contributed by atoms with Crippen molar-refractivity contribution < 1.29 is 17.9 Å². The molecular weight excluding hydrogens is 441 g/mol. The topological polar surface area (TPSA) is 82.5 Å². The standard InChI is InChI=1S/C25H22FN3O3S/c1-2-21(17-8-4-3-5-9-17)28-25(30)20-14-13-19(26)16-23(20)29(33(31)32)22-12-6-10-18-11-7-15-27-24(18)22/h3-16,21H,2H2,1H3,(H,28,30)(H,31,32). The number of halogens is 1. The van der Waals surface area contributed by atoms with Gasteiger partial charge in [0.25, 0.3) is 17.2 Å². The van der Waals surface area contributed by atoms with Gasteiger partial charge in [-0.2, -0.15) is 0 Å². The number of carbonyl (C=O) groups excluding carboxylic acids is 1. The smallest absolute Gasteiger partial charge is 0.266 e. The fourth-order valence-corrected chi connectivity index (χ4v) is 4.39. The highest BCUT2D eigenvalue weighted by Crippen LogP contribution is 2.35. The average molecular weight is 464 g/mol. The second-order valence-corrected chi connectivity index (χ2v) is 8.21. The van der Waals surface area contributed by atoms with Gasteiger partial charge < -0.3 is 5.32 Å². The molecule has 0 spiro atoms. The first kappa shape index (κ1) is 22.6. The maximum atomic E-state index is 14.3. The van der Waals surface area contributed by atoms with Crippen molar-refractivity contribution in [1.82, 2.24) is 10.3 Å². The third-order valence-electron chi connectivity index (χ3n) is 5.33.